The van der Waals surface area contributed by atoms with Gasteiger partial charge in [-0.1, -0.05) is 30.9 Å². The molecule has 5 nitrogen and oxygen atoms in total. The Morgan fingerprint density at radius 3 is 2.67 bits per heavy atom. The summed E-state index contributed by atoms with van der Waals surface area (Å²) in [6, 6.07) is 0.651. The molecular weight excluding hydrogens is 360 g/mol. The van der Waals surface area contributed by atoms with Crippen LogP contribution in [-0.2, 0) is 4.79 Å². The molecule has 1 aromatic rings. The lowest BCUT2D eigenvalue weighted by Gasteiger charge is -2.28. The lowest BCUT2D eigenvalue weighted by atomic mass is 9.84. The largest absolute Gasteiger partial charge is 0.480 e. The zero-order valence-corrected chi connectivity index (χ0v) is 13.7. The minimum absolute atomic E-state index is 0.0286. The van der Waals surface area contributed by atoms with E-state index in [9.17, 15) is 14.7 Å². The van der Waals surface area contributed by atoms with Crippen LogP contribution in [0.2, 0.25) is 5.15 Å². The van der Waals surface area contributed by atoms with Gasteiger partial charge in [0.15, 0.2) is 0 Å². The molecule has 7 heteroatoms. The number of halogens is 2. The molecule has 1 saturated carbocycles. The van der Waals surface area contributed by atoms with Gasteiger partial charge in [-0.05, 0) is 40.8 Å². The molecule has 114 valence electrons. The van der Waals surface area contributed by atoms with Crippen molar-refractivity contribution >= 4 is 39.4 Å². The first-order valence-corrected chi connectivity index (χ1v) is 8.01. The first kappa shape index (κ1) is 16.2. The number of carbonyl (C=O) groups excluding carboxylic acids is 1. The van der Waals surface area contributed by atoms with E-state index >= 15 is 0 Å². The molecule has 1 fully saturated rings. The van der Waals surface area contributed by atoms with Crippen LogP contribution < -0.4 is 5.32 Å². The molecule has 0 aromatic carbocycles. The number of hydrogen-bond acceptors (Lipinski definition) is 3. The van der Waals surface area contributed by atoms with E-state index in [1.165, 1.54) is 12.3 Å². The molecule has 1 unspecified atom stereocenters. The van der Waals surface area contributed by atoms with Crippen LogP contribution in [0.4, 0.5) is 0 Å². The van der Waals surface area contributed by atoms with Gasteiger partial charge in [-0.3, -0.25) is 4.79 Å². The van der Waals surface area contributed by atoms with Crippen LogP contribution in [0.3, 0.4) is 0 Å². The van der Waals surface area contributed by atoms with E-state index in [0.717, 1.165) is 32.1 Å². The summed E-state index contributed by atoms with van der Waals surface area (Å²) in [4.78, 5) is 27.6. The van der Waals surface area contributed by atoms with Gasteiger partial charge in [0.25, 0.3) is 5.91 Å². The van der Waals surface area contributed by atoms with Crippen molar-refractivity contribution in [3.8, 4) is 0 Å². The highest BCUT2D eigenvalue weighted by atomic mass is 79.9. The second-order valence-corrected chi connectivity index (χ2v) is 6.45. The predicted octanol–water partition coefficient (Wildman–Crippen LogP) is 3.26. The minimum atomic E-state index is -1.01. The standard InChI is InChI=1S/C14H16BrClN2O3/c15-9-6-10(12(16)17-7-9)13(19)18-11(14(20)21)8-4-2-1-3-5-8/h6-8,11H,1-5H2,(H,18,19)(H,20,21). The fraction of sp³-hybridized carbons (Fsp3) is 0.500. The second kappa shape index (κ2) is 7.22. The van der Waals surface area contributed by atoms with E-state index < -0.39 is 17.9 Å². The fourth-order valence-corrected chi connectivity index (χ4v) is 3.17. The van der Waals surface area contributed by atoms with Crippen LogP contribution in [0.1, 0.15) is 42.5 Å². The highest BCUT2D eigenvalue weighted by Gasteiger charge is 2.31. The summed E-state index contributed by atoms with van der Waals surface area (Å²) >= 11 is 9.12. The van der Waals surface area contributed by atoms with Crippen molar-refractivity contribution in [3.63, 3.8) is 0 Å². The Labute approximate surface area is 136 Å². The van der Waals surface area contributed by atoms with Crippen LogP contribution in [0.5, 0.6) is 0 Å². The number of carbonyl (C=O) groups is 2. The molecule has 1 aromatic heterocycles. The second-order valence-electron chi connectivity index (χ2n) is 5.18. The molecule has 0 saturated heterocycles. The molecule has 1 aliphatic carbocycles. The maximum atomic E-state index is 12.3. The van der Waals surface area contributed by atoms with E-state index in [1.807, 2.05) is 0 Å². The fourth-order valence-electron chi connectivity index (χ4n) is 2.65. The average Bonchev–Trinajstić information content (AvgIpc) is 2.47. The van der Waals surface area contributed by atoms with Crippen molar-refractivity contribution in [2.45, 2.75) is 38.1 Å². The molecule has 1 atom stereocenters. The third kappa shape index (κ3) is 4.17. The van der Waals surface area contributed by atoms with Crippen LogP contribution in [0.25, 0.3) is 0 Å². The first-order chi connectivity index (χ1) is 9.99. The van der Waals surface area contributed by atoms with E-state index in [4.69, 9.17) is 11.6 Å². The average molecular weight is 376 g/mol. The number of aromatic nitrogens is 1. The monoisotopic (exact) mass is 374 g/mol. The summed E-state index contributed by atoms with van der Waals surface area (Å²) in [5, 5.41) is 12.0. The lowest BCUT2D eigenvalue weighted by Crippen LogP contribution is -2.46. The molecule has 21 heavy (non-hydrogen) atoms. The summed E-state index contributed by atoms with van der Waals surface area (Å²) in [7, 11) is 0. The van der Waals surface area contributed by atoms with Gasteiger partial charge >= 0.3 is 5.97 Å². The zero-order valence-electron chi connectivity index (χ0n) is 11.3. The van der Waals surface area contributed by atoms with Crippen LogP contribution in [-0.4, -0.2) is 28.0 Å². The van der Waals surface area contributed by atoms with Crippen LogP contribution >= 0.6 is 27.5 Å². The minimum Gasteiger partial charge on any atom is -0.480 e. The van der Waals surface area contributed by atoms with Crippen LogP contribution in [0.15, 0.2) is 16.7 Å². The van der Waals surface area contributed by atoms with E-state index in [2.05, 4.69) is 26.2 Å². The zero-order chi connectivity index (χ0) is 15.4. The third-order valence-corrected chi connectivity index (χ3v) is 4.46. The van der Waals surface area contributed by atoms with Crippen molar-refractivity contribution in [1.29, 1.82) is 0 Å². The molecule has 1 amide bonds. The van der Waals surface area contributed by atoms with Gasteiger partial charge in [0.05, 0.1) is 5.56 Å². The number of pyridine rings is 1. The molecule has 0 spiro atoms. The lowest BCUT2D eigenvalue weighted by molar-refractivity contribution is -0.141. The Hall–Kier alpha value is -1.14. The van der Waals surface area contributed by atoms with E-state index in [1.54, 1.807) is 0 Å². The van der Waals surface area contributed by atoms with Gasteiger partial charge in [0.2, 0.25) is 0 Å². The van der Waals surface area contributed by atoms with Crippen molar-refractivity contribution in [1.82, 2.24) is 10.3 Å². The molecule has 0 aliphatic heterocycles. The van der Waals surface area contributed by atoms with E-state index in [-0.39, 0.29) is 16.6 Å². The van der Waals surface area contributed by atoms with Gasteiger partial charge in [-0.15, -0.1) is 0 Å². The van der Waals surface area contributed by atoms with Crippen molar-refractivity contribution in [3.05, 3.63) is 27.5 Å². The molecule has 2 N–H and O–H groups in total. The van der Waals surface area contributed by atoms with Gasteiger partial charge in [-0.2, -0.15) is 0 Å². The first-order valence-electron chi connectivity index (χ1n) is 6.83. The molecule has 1 aliphatic rings. The Kier molecular flexibility index (Phi) is 5.58. The summed E-state index contributed by atoms with van der Waals surface area (Å²) in [6.07, 6.45) is 6.25. The molecule has 0 bridgehead atoms. The molecule has 1 heterocycles. The van der Waals surface area contributed by atoms with Gasteiger partial charge in [-0.25, -0.2) is 9.78 Å². The Balaban J connectivity index is 2.14. The SMILES string of the molecule is O=C(NC(C(=O)O)C1CCCCC1)c1cc(Br)cnc1Cl. The van der Waals surface area contributed by atoms with Crippen molar-refractivity contribution in [2.75, 3.05) is 0 Å². The normalized spacial score (nSPS) is 17.2. The van der Waals surface area contributed by atoms with Crippen molar-refractivity contribution < 1.29 is 14.7 Å². The third-order valence-electron chi connectivity index (χ3n) is 3.72. The number of aliphatic carboxylic acids is 1. The van der Waals surface area contributed by atoms with Crippen molar-refractivity contribution in [2.24, 2.45) is 5.92 Å². The van der Waals surface area contributed by atoms with Gasteiger partial charge < -0.3 is 10.4 Å². The van der Waals surface area contributed by atoms with E-state index in [0.29, 0.717) is 4.47 Å². The number of amides is 1. The summed E-state index contributed by atoms with van der Waals surface area (Å²) < 4.78 is 0.613. The number of nitrogens with zero attached hydrogens (tertiary/aromatic N) is 1. The Morgan fingerprint density at radius 1 is 1.38 bits per heavy atom. The molecule has 0 radical (unpaired) electrons. The predicted molar refractivity (Wildman–Crippen MR) is 82.4 cm³/mol. The maximum absolute atomic E-state index is 12.3. The topological polar surface area (TPSA) is 79.3 Å². The number of nitrogens with one attached hydrogen (secondary N) is 1. The molecular formula is C14H16BrClN2O3. The summed E-state index contributed by atoms with van der Waals surface area (Å²) in [5.41, 5.74) is 0.174. The van der Waals surface area contributed by atoms with Gasteiger partial charge in [0, 0.05) is 10.7 Å². The summed E-state index contributed by atoms with van der Waals surface area (Å²) in [5.74, 6) is -1.54. The highest BCUT2D eigenvalue weighted by molar-refractivity contribution is 9.10. The maximum Gasteiger partial charge on any atom is 0.326 e. The number of carboxylic acids is 1. The number of hydrogen-bond donors (Lipinski definition) is 2. The number of rotatable bonds is 4. The summed E-state index contributed by atoms with van der Waals surface area (Å²) in [6.45, 7) is 0. The Morgan fingerprint density at radius 2 is 2.05 bits per heavy atom. The Bertz CT molecular complexity index is 547. The quantitative estimate of drug-likeness (QED) is 0.792. The number of carboxylic acid groups (broad SMARTS) is 1. The highest BCUT2D eigenvalue weighted by Crippen LogP contribution is 2.27. The molecule has 2 rings (SSSR count). The smallest absolute Gasteiger partial charge is 0.326 e. The van der Waals surface area contributed by atoms with Crippen LogP contribution in [0, 0.1) is 5.92 Å². The van der Waals surface area contributed by atoms with Gasteiger partial charge in [0.1, 0.15) is 11.2 Å².